The van der Waals surface area contributed by atoms with Crippen molar-refractivity contribution in [1.29, 1.82) is 0 Å². The molecule has 6 nitrogen and oxygen atoms in total. The van der Waals surface area contributed by atoms with Crippen LogP contribution < -0.4 is 0 Å². The third kappa shape index (κ3) is 5.44. The topological polar surface area (TPSA) is 70.1 Å². The van der Waals surface area contributed by atoms with Crippen LogP contribution in [0.1, 0.15) is 84.0 Å². The molecule has 3 heterocycles. The predicted octanol–water partition coefficient (Wildman–Crippen LogP) is 6.45. The van der Waals surface area contributed by atoms with E-state index in [1.165, 1.54) is 24.3 Å². The number of carbonyl (C=O) groups is 2. The fourth-order valence-electron chi connectivity index (χ4n) is 7.46. The summed E-state index contributed by atoms with van der Waals surface area (Å²) in [5, 5.41) is 9.67. The second-order valence-corrected chi connectivity index (χ2v) is 12.9. The number of amides is 1. The molecule has 4 aliphatic rings. The molecule has 6 rings (SSSR count). The van der Waals surface area contributed by atoms with Crippen molar-refractivity contribution in [2.75, 3.05) is 26.2 Å². The van der Waals surface area contributed by atoms with Crippen molar-refractivity contribution >= 4 is 23.5 Å². The fraction of sp³-hybridized carbons (Fsp3) is 0.562. The van der Waals surface area contributed by atoms with Gasteiger partial charge < -0.3 is 14.7 Å². The number of aromatic carboxylic acids is 1. The zero-order chi connectivity index (χ0) is 29.8. The molecule has 3 fully saturated rings. The highest BCUT2D eigenvalue weighted by Crippen LogP contribution is 2.49. The van der Waals surface area contributed by atoms with Gasteiger partial charge in [-0.1, -0.05) is 24.6 Å². The first-order valence-electron chi connectivity index (χ1n) is 14.9. The number of fused-ring (bicyclic) bond motifs is 1. The number of alkyl halides is 2. The molecule has 10 heteroatoms. The van der Waals surface area contributed by atoms with E-state index >= 15 is 0 Å². The van der Waals surface area contributed by atoms with Gasteiger partial charge in [0, 0.05) is 36.3 Å². The third-order valence-electron chi connectivity index (χ3n) is 9.93. The molecular formula is C32H36ClF3N2O4. The Labute approximate surface area is 248 Å². The van der Waals surface area contributed by atoms with Crippen LogP contribution in [0, 0.1) is 17.7 Å². The van der Waals surface area contributed by atoms with E-state index in [-0.39, 0.29) is 47.4 Å². The van der Waals surface area contributed by atoms with Crippen molar-refractivity contribution in [3.05, 3.63) is 69.0 Å². The summed E-state index contributed by atoms with van der Waals surface area (Å²) in [6.45, 7) is 4.95. The quantitative estimate of drug-likeness (QED) is 0.410. The second kappa shape index (κ2) is 11.5. The first-order valence-corrected chi connectivity index (χ1v) is 15.2. The number of likely N-dealkylation sites (tertiary alicyclic amines) is 1. The molecule has 1 saturated carbocycles. The number of ether oxygens (including phenoxy) is 1. The van der Waals surface area contributed by atoms with Gasteiger partial charge in [-0.2, -0.15) is 0 Å². The number of benzene rings is 2. The van der Waals surface area contributed by atoms with Crippen molar-refractivity contribution < 1.29 is 32.6 Å². The molecule has 42 heavy (non-hydrogen) atoms. The van der Waals surface area contributed by atoms with Gasteiger partial charge in [0.2, 0.25) is 0 Å². The van der Waals surface area contributed by atoms with E-state index in [4.69, 9.17) is 16.3 Å². The maximum absolute atomic E-state index is 14.0. The van der Waals surface area contributed by atoms with Crippen molar-refractivity contribution in [2.45, 2.75) is 76.0 Å². The molecule has 2 aromatic carbocycles. The smallest absolute Gasteiger partial charge is 0.338 e. The Hall–Kier alpha value is -2.62. The summed E-state index contributed by atoms with van der Waals surface area (Å²) < 4.78 is 47.4. The third-order valence-corrected chi connectivity index (χ3v) is 10.3. The van der Waals surface area contributed by atoms with Crippen LogP contribution in [0.2, 0.25) is 5.02 Å². The number of piperidine rings is 1. The maximum Gasteiger partial charge on any atom is 0.338 e. The van der Waals surface area contributed by atoms with Crippen LogP contribution in [0.15, 0.2) is 30.3 Å². The Bertz CT molecular complexity index is 1380. The van der Waals surface area contributed by atoms with Gasteiger partial charge in [0.05, 0.1) is 12.2 Å². The van der Waals surface area contributed by atoms with Gasteiger partial charge in [0.1, 0.15) is 11.4 Å². The Morgan fingerprint density at radius 2 is 1.90 bits per heavy atom. The van der Waals surface area contributed by atoms with Crippen molar-refractivity contribution in [2.24, 2.45) is 11.8 Å². The van der Waals surface area contributed by atoms with E-state index in [1.54, 1.807) is 11.0 Å². The molecule has 2 aromatic rings. The van der Waals surface area contributed by atoms with Gasteiger partial charge in [-0.3, -0.25) is 9.69 Å². The Balaban J connectivity index is 1.11. The van der Waals surface area contributed by atoms with Crippen LogP contribution in [0.4, 0.5) is 13.2 Å². The van der Waals surface area contributed by atoms with Crippen molar-refractivity contribution in [1.82, 2.24) is 9.80 Å². The first kappa shape index (κ1) is 29.5. The predicted molar refractivity (Wildman–Crippen MR) is 151 cm³/mol. The van der Waals surface area contributed by atoms with E-state index in [1.807, 2.05) is 0 Å². The molecule has 226 valence electrons. The van der Waals surface area contributed by atoms with Gasteiger partial charge in [0.15, 0.2) is 0 Å². The molecule has 0 aromatic heterocycles. The number of halogens is 4. The lowest BCUT2D eigenvalue weighted by Gasteiger charge is -2.48. The van der Waals surface area contributed by atoms with E-state index in [2.05, 4.69) is 11.8 Å². The molecule has 0 spiro atoms. The van der Waals surface area contributed by atoms with Crippen molar-refractivity contribution in [3.63, 3.8) is 0 Å². The molecule has 0 bridgehead atoms. The summed E-state index contributed by atoms with van der Waals surface area (Å²) in [6, 6.07) is 7.38. The Morgan fingerprint density at radius 1 is 1.12 bits per heavy atom. The minimum absolute atomic E-state index is 0.0368. The number of carbonyl (C=O) groups excluding carboxylic acids is 1. The van der Waals surface area contributed by atoms with Crippen molar-refractivity contribution in [3.8, 4) is 0 Å². The van der Waals surface area contributed by atoms with Gasteiger partial charge in [-0.15, -0.1) is 0 Å². The average molecular weight is 605 g/mol. The zero-order valence-electron chi connectivity index (χ0n) is 23.6. The fourth-order valence-corrected chi connectivity index (χ4v) is 7.80. The summed E-state index contributed by atoms with van der Waals surface area (Å²) in [5.41, 5.74) is 1.09. The molecule has 0 radical (unpaired) electrons. The van der Waals surface area contributed by atoms with Crippen LogP contribution in [0.3, 0.4) is 0 Å². The summed E-state index contributed by atoms with van der Waals surface area (Å²) in [4.78, 5) is 29.7. The average Bonchev–Trinajstić information content (AvgIpc) is 3.83. The number of carboxylic acids is 1. The molecule has 4 atom stereocenters. The maximum atomic E-state index is 14.0. The van der Waals surface area contributed by atoms with Gasteiger partial charge in [-0.25, -0.2) is 18.0 Å². The van der Waals surface area contributed by atoms with E-state index in [0.29, 0.717) is 36.6 Å². The van der Waals surface area contributed by atoms with E-state index in [0.717, 1.165) is 49.9 Å². The highest BCUT2D eigenvalue weighted by atomic mass is 35.5. The molecule has 1 N–H and O–H groups in total. The van der Waals surface area contributed by atoms with Crippen LogP contribution in [-0.4, -0.2) is 64.7 Å². The lowest BCUT2D eigenvalue weighted by Crippen LogP contribution is -2.59. The minimum atomic E-state index is -2.62. The molecule has 2 saturated heterocycles. The highest BCUT2D eigenvalue weighted by Gasteiger charge is 2.56. The summed E-state index contributed by atoms with van der Waals surface area (Å²) in [6.07, 6.45) is 2.07. The molecule has 3 aliphatic heterocycles. The summed E-state index contributed by atoms with van der Waals surface area (Å²) >= 11 is 6.32. The van der Waals surface area contributed by atoms with E-state index < -0.39 is 23.8 Å². The molecular weight excluding hydrogens is 569 g/mol. The standard InChI is InChI=1S/C32H36ClF3N2O4/c1-18-15-37(10-7-24(18)19-2-5-28(34)26(13-19)30(39)40)23-6-9-32(42-17-23,22-3-4-22)31(41)38-11-8-25-21(16-38)12-20(29(35)36)14-27(25)33/h2,5,12-14,18,22-24,29H,3-4,6-11,15-17H2,1H3,(H,39,40)/t18?,23?,24-,32-/m0/s1. The monoisotopic (exact) mass is 604 g/mol. The Kier molecular flexibility index (Phi) is 8.04. The number of hydrogen-bond acceptors (Lipinski definition) is 4. The minimum Gasteiger partial charge on any atom is -0.478 e. The molecule has 1 aliphatic carbocycles. The largest absolute Gasteiger partial charge is 0.478 e. The van der Waals surface area contributed by atoms with Crippen LogP contribution in [0.5, 0.6) is 0 Å². The number of nitrogens with zero attached hydrogens (tertiary/aromatic N) is 2. The number of hydrogen-bond donors (Lipinski definition) is 1. The van der Waals surface area contributed by atoms with E-state index in [9.17, 15) is 27.9 Å². The number of rotatable bonds is 6. The lowest BCUT2D eigenvalue weighted by atomic mass is 9.79. The molecule has 2 unspecified atom stereocenters. The lowest BCUT2D eigenvalue weighted by molar-refractivity contribution is -0.177. The normalized spacial score (nSPS) is 28.5. The SMILES string of the molecule is CC1CN(C2CC[C@@](C(=O)N3CCc4c(Cl)cc(C(F)F)cc4C3)(C3CC3)OC2)CC[C@@H]1c1ccc(F)c(C(=O)O)c1. The second-order valence-electron chi connectivity index (χ2n) is 12.5. The van der Waals surface area contributed by atoms with Crippen LogP contribution in [0.25, 0.3) is 0 Å². The number of carboxylic acid groups (broad SMARTS) is 1. The van der Waals surface area contributed by atoms with Crippen LogP contribution in [-0.2, 0) is 22.5 Å². The van der Waals surface area contributed by atoms with Crippen LogP contribution >= 0.6 is 11.6 Å². The van der Waals surface area contributed by atoms with Gasteiger partial charge in [-0.05, 0) is 104 Å². The zero-order valence-corrected chi connectivity index (χ0v) is 24.4. The summed E-state index contributed by atoms with van der Waals surface area (Å²) in [5.74, 6) is -1.47. The van der Waals surface area contributed by atoms with Gasteiger partial charge in [0.25, 0.3) is 12.3 Å². The van der Waals surface area contributed by atoms with Gasteiger partial charge >= 0.3 is 5.97 Å². The Morgan fingerprint density at radius 3 is 2.55 bits per heavy atom. The highest BCUT2D eigenvalue weighted by molar-refractivity contribution is 6.31. The first-order chi connectivity index (χ1) is 20.1. The molecule has 1 amide bonds. The summed E-state index contributed by atoms with van der Waals surface area (Å²) in [7, 11) is 0.